The van der Waals surface area contributed by atoms with Gasteiger partial charge in [-0.3, -0.25) is 4.79 Å². The van der Waals surface area contributed by atoms with Gasteiger partial charge in [0.2, 0.25) is 5.75 Å². The Morgan fingerprint density at radius 1 is 1.11 bits per heavy atom. The van der Waals surface area contributed by atoms with Gasteiger partial charge < -0.3 is 23.8 Å². The van der Waals surface area contributed by atoms with E-state index in [-0.39, 0.29) is 12.0 Å². The van der Waals surface area contributed by atoms with Crippen LogP contribution in [-0.4, -0.2) is 57.4 Å². The molecule has 1 amide bonds. The molecule has 3 rings (SSSR count). The Balaban J connectivity index is 1.64. The monoisotopic (exact) mass is 371 g/mol. The maximum Gasteiger partial charge on any atom is 0.254 e. The van der Waals surface area contributed by atoms with Gasteiger partial charge in [-0.1, -0.05) is 23.8 Å². The van der Waals surface area contributed by atoms with Crippen LogP contribution < -0.4 is 14.2 Å². The van der Waals surface area contributed by atoms with E-state index in [1.807, 2.05) is 54.3 Å². The number of para-hydroxylation sites is 1. The number of nitrogens with zero attached hydrogens (tertiary/aromatic N) is 1. The Morgan fingerprint density at radius 3 is 2.41 bits per heavy atom. The third-order valence-electron chi connectivity index (χ3n) is 4.52. The summed E-state index contributed by atoms with van der Waals surface area (Å²) in [6, 6.07) is 13.1. The zero-order chi connectivity index (χ0) is 19.2. The standard InChI is InChI=1S/C21H25NO5/c1-15-7-9-16(10-8-15)21(23)22-11-12-26-17(13-22)14-27-20-18(24-2)5-4-6-19(20)25-3/h4-10,17H,11-14H2,1-3H3. The van der Waals surface area contributed by atoms with Crippen molar-refractivity contribution in [1.82, 2.24) is 4.90 Å². The fourth-order valence-corrected chi connectivity index (χ4v) is 3.02. The van der Waals surface area contributed by atoms with Crippen LogP contribution in [-0.2, 0) is 4.74 Å². The number of rotatable bonds is 6. The molecule has 0 saturated carbocycles. The van der Waals surface area contributed by atoms with Crippen molar-refractivity contribution in [2.75, 3.05) is 40.5 Å². The molecule has 6 heteroatoms. The summed E-state index contributed by atoms with van der Waals surface area (Å²) in [6.07, 6.45) is -0.220. The smallest absolute Gasteiger partial charge is 0.254 e. The summed E-state index contributed by atoms with van der Waals surface area (Å²) in [5.41, 5.74) is 1.82. The number of carbonyl (C=O) groups is 1. The topological polar surface area (TPSA) is 57.2 Å². The highest BCUT2D eigenvalue weighted by molar-refractivity contribution is 5.94. The van der Waals surface area contributed by atoms with Crippen molar-refractivity contribution in [3.8, 4) is 17.2 Å². The lowest BCUT2D eigenvalue weighted by atomic mass is 10.1. The number of methoxy groups -OCH3 is 2. The zero-order valence-corrected chi connectivity index (χ0v) is 15.9. The van der Waals surface area contributed by atoms with E-state index in [1.54, 1.807) is 14.2 Å². The molecule has 0 N–H and O–H groups in total. The van der Waals surface area contributed by atoms with Gasteiger partial charge in [-0.25, -0.2) is 0 Å². The molecule has 1 unspecified atom stereocenters. The van der Waals surface area contributed by atoms with Crippen molar-refractivity contribution < 1.29 is 23.7 Å². The average Bonchev–Trinajstić information content (AvgIpc) is 2.72. The Morgan fingerprint density at radius 2 is 1.78 bits per heavy atom. The molecule has 0 bridgehead atoms. The van der Waals surface area contributed by atoms with Crippen molar-refractivity contribution >= 4 is 5.91 Å². The Kier molecular flexibility index (Phi) is 6.19. The zero-order valence-electron chi connectivity index (χ0n) is 15.9. The minimum atomic E-state index is -0.220. The van der Waals surface area contributed by atoms with Gasteiger partial charge in [-0.15, -0.1) is 0 Å². The molecule has 0 spiro atoms. The van der Waals surface area contributed by atoms with Crippen molar-refractivity contribution in [2.45, 2.75) is 13.0 Å². The fraction of sp³-hybridized carbons (Fsp3) is 0.381. The summed E-state index contributed by atoms with van der Waals surface area (Å²) in [7, 11) is 3.17. The number of hydrogen-bond acceptors (Lipinski definition) is 5. The van der Waals surface area contributed by atoms with Gasteiger partial charge in [0.15, 0.2) is 11.5 Å². The van der Waals surface area contributed by atoms with E-state index < -0.39 is 0 Å². The molecule has 2 aromatic rings. The number of amides is 1. The molecule has 1 heterocycles. The number of aryl methyl sites for hydroxylation is 1. The number of ether oxygens (including phenoxy) is 4. The molecule has 1 saturated heterocycles. The molecule has 27 heavy (non-hydrogen) atoms. The van der Waals surface area contributed by atoms with E-state index in [0.29, 0.717) is 49.1 Å². The van der Waals surface area contributed by atoms with E-state index in [4.69, 9.17) is 18.9 Å². The summed E-state index contributed by atoms with van der Waals surface area (Å²) in [5, 5.41) is 0. The third kappa shape index (κ3) is 4.52. The molecule has 1 aliphatic rings. The second-order valence-corrected chi connectivity index (χ2v) is 6.41. The first-order valence-electron chi connectivity index (χ1n) is 8.93. The minimum absolute atomic E-state index is 0.0122. The van der Waals surface area contributed by atoms with Crippen LogP contribution in [0.15, 0.2) is 42.5 Å². The summed E-state index contributed by atoms with van der Waals surface area (Å²) < 4.78 is 22.4. The molecular weight excluding hydrogens is 346 g/mol. The summed E-state index contributed by atoms with van der Waals surface area (Å²) in [4.78, 5) is 14.5. The maximum atomic E-state index is 12.7. The quantitative estimate of drug-likeness (QED) is 0.781. The SMILES string of the molecule is COc1cccc(OC)c1OCC1CN(C(=O)c2ccc(C)cc2)CCO1. The average molecular weight is 371 g/mol. The van der Waals surface area contributed by atoms with Crippen molar-refractivity contribution in [3.63, 3.8) is 0 Å². The van der Waals surface area contributed by atoms with Gasteiger partial charge in [0.1, 0.15) is 12.7 Å². The molecule has 1 atom stereocenters. The van der Waals surface area contributed by atoms with Crippen LogP contribution in [0.2, 0.25) is 0 Å². The lowest BCUT2D eigenvalue weighted by Crippen LogP contribution is -2.47. The second-order valence-electron chi connectivity index (χ2n) is 6.41. The first kappa shape index (κ1) is 19.0. The molecule has 1 aliphatic heterocycles. The van der Waals surface area contributed by atoms with Gasteiger partial charge >= 0.3 is 0 Å². The summed E-state index contributed by atoms with van der Waals surface area (Å²) in [5.74, 6) is 1.74. The van der Waals surface area contributed by atoms with Crippen LogP contribution in [0.25, 0.3) is 0 Å². The Bertz CT molecular complexity index is 752. The van der Waals surface area contributed by atoms with E-state index in [2.05, 4.69) is 0 Å². The van der Waals surface area contributed by atoms with Crippen molar-refractivity contribution in [3.05, 3.63) is 53.6 Å². The molecule has 6 nitrogen and oxygen atoms in total. The third-order valence-corrected chi connectivity index (χ3v) is 4.52. The molecule has 144 valence electrons. The molecule has 0 aromatic heterocycles. The number of morpholine rings is 1. The van der Waals surface area contributed by atoms with Crippen LogP contribution in [0.4, 0.5) is 0 Å². The van der Waals surface area contributed by atoms with Crippen LogP contribution in [0.5, 0.6) is 17.2 Å². The van der Waals surface area contributed by atoms with Gasteiger partial charge in [0, 0.05) is 12.1 Å². The predicted molar refractivity (Wildman–Crippen MR) is 102 cm³/mol. The van der Waals surface area contributed by atoms with Gasteiger partial charge in [0.25, 0.3) is 5.91 Å². The number of benzene rings is 2. The summed E-state index contributed by atoms with van der Waals surface area (Å²) >= 11 is 0. The molecular formula is C21H25NO5. The van der Waals surface area contributed by atoms with Gasteiger partial charge in [-0.2, -0.15) is 0 Å². The first-order chi connectivity index (χ1) is 13.1. The van der Waals surface area contributed by atoms with Crippen LogP contribution >= 0.6 is 0 Å². The highest BCUT2D eigenvalue weighted by atomic mass is 16.6. The van der Waals surface area contributed by atoms with Crippen molar-refractivity contribution in [1.29, 1.82) is 0 Å². The van der Waals surface area contributed by atoms with Crippen LogP contribution in [0.3, 0.4) is 0 Å². The van der Waals surface area contributed by atoms with E-state index in [0.717, 1.165) is 5.56 Å². The highest BCUT2D eigenvalue weighted by Crippen LogP contribution is 2.36. The van der Waals surface area contributed by atoms with Crippen molar-refractivity contribution in [2.24, 2.45) is 0 Å². The molecule has 0 radical (unpaired) electrons. The molecule has 1 fully saturated rings. The second kappa shape index (κ2) is 8.77. The lowest BCUT2D eigenvalue weighted by Gasteiger charge is -2.33. The maximum absolute atomic E-state index is 12.7. The predicted octanol–water partition coefficient (Wildman–Crippen LogP) is 2.93. The normalized spacial score (nSPS) is 16.7. The first-order valence-corrected chi connectivity index (χ1v) is 8.93. The fourth-order valence-electron chi connectivity index (χ4n) is 3.02. The Hall–Kier alpha value is -2.73. The van der Waals surface area contributed by atoms with Crippen LogP contribution in [0, 0.1) is 6.92 Å². The molecule has 0 aliphatic carbocycles. The molecule has 2 aromatic carbocycles. The number of hydrogen-bond donors (Lipinski definition) is 0. The van der Waals surface area contributed by atoms with E-state index in [9.17, 15) is 4.79 Å². The van der Waals surface area contributed by atoms with Gasteiger partial charge in [-0.05, 0) is 31.2 Å². The highest BCUT2D eigenvalue weighted by Gasteiger charge is 2.26. The van der Waals surface area contributed by atoms with Crippen LogP contribution in [0.1, 0.15) is 15.9 Å². The lowest BCUT2D eigenvalue weighted by molar-refractivity contribution is -0.0406. The minimum Gasteiger partial charge on any atom is -0.493 e. The largest absolute Gasteiger partial charge is 0.493 e. The van der Waals surface area contributed by atoms with Gasteiger partial charge in [0.05, 0.1) is 27.4 Å². The van der Waals surface area contributed by atoms with E-state index >= 15 is 0 Å². The summed E-state index contributed by atoms with van der Waals surface area (Å²) in [6.45, 7) is 3.83. The Labute approximate surface area is 159 Å². The number of carbonyl (C=O) groups excluding carboxylic acids is 1. The van der Waals surface area contributed by atoms with E-state index in [1.165, 1.54) is 0 Å².